The number of rotatable bonds is 5. The number of carbonyl (C=O) groups is 1. The fourth-order valence-corrected chi connectivity index (χ4v) is 3.94. The highest BCUT2D eigenvalue weighted by Gasteiger charge is 2.29. The number of nitrogens with zero attached hydrogens (tertiary/aromatic N) is 1. The van der Waals surface area contributed by atoms with Crippen LogP contribution in [0.1, 0.15) is 35.4 Å². The molecule has 2 heterocycles. The molecule has 3 aromatic rings. The third-order valence-corrected chi connectivity index (χ3v) is 5.34. The van der Waals surface area contributed by atoms with Crippen LogP contribution in [0.25, 0.3) is 10.9 Å². The Balaban J connectivity index is 1.51. The van der Waals surface area contributed by atoms with E-state index in [-0.39, 0.29) is 18.1 Å². The highest BCUT2D eigenvalue weighted by molar-refractivity contribution is 6.30. The number of fused-ring (bicyclic) bond motifs is 1. The molecule has 2 unspecified atom stereocenters. The van der Waals surface area contributed by atoms with Crippen LogP contribution in [-0.4, -0.2) is 23.7 Å². The molecule has 3 N–H and O–H groups in total. The SMILES string of the molecule is CCn1c(C2CC(NC(=O)c3cccc(Cl)c3)NN2)cc2cc(OC)ccc21. The van der Waals surface area contributed by atoms with E-state index in [1.165, 1.54) is 11.2 Å². The average Bonchev–Trinajstić information content (AvgIpc) is 3.31. The van der Waals surface area contributed by atoms with E-state index in [0.717, 1.165) is 24.1 Å². The van der Waals surface area contributed by atoms with E-state index < -0.39 is 0 Å². The predicted molar refractivity (Wildman–Crippen MR) is 110 cm³/mol. The van der Waals surface area contributed by atoms with E-state index in [1.54, 1.807) is 31.4 Å². The normalized spacial score (nSPS) is 19.1. The van der Waals surface area contributed by atoms with Crippen molar-refractivity contribution in [2.24, 2.45) is 0 Å². The van der Waals surface area contributed by atoms with E-state index >= 15 is 0 Å². The van der Waals surface area contributed by atoms with Gasteiger partial charge in [-0.05, 0) is 49.4 Å². The summed E-state index contributed by atoms with van der Waals surface area (Å²) in [6.45, 7) is 3.00. The van der Waals surface area contributed by atoms with Gasteiger partial charge in [0.15, 0.2) is 0 Å². The second-order valence-corrected chi connectivity index (χ2v) is 7.29. The zero-order valence-corrected chi connectivity index (χ0v) is 16.6. The largest absolute Gasteiger partial charge is 0.497 e. The zero-order chi connectivity index (χ0) is 19.7. The molecule has 1 aliphatic heterocycles. The molecule has 4 rings (SSSR count). The van der Waals surface area contributed by atoms with Gasteiger partial charge < -0.3 is 14.6 Å². The Labute approximate surface area is 168 Å². The van der Waals surface area contributed by atoms with Crippen molar-refractivity contribution in [2.75, 3.05) is 7.11 Å². The van der Waals surface area contributed by atoms with Gasteiger partial charge in [-0.3, -0.25) is 4.79 Å². The molecule has 6 nitrogen and oxygen atoms in total. The number of methoxy groups -OCH3 is 1. The fourth-order valence-electron chi connectivity index (χ4n) is 3.75. The Morgan fingerprint density at radius 3 is 2.86 bits per heavy atom. The van der Waals surface area contributed by atoms with Gasteiger partial charge in [0.2, 0.25) is 0 Å². The maximum Gasteiger partial charge on any atom is 0.252 e. The molecule has 0 spiro atoms. The van der Waals surface area contributed by atoms with Crippen LogP contribution < -0.4 is 20.9 Å². The van der Waals surface area contributed by atoms with E-state index in [1.807, 2.05) is 12.1 Å². The van der Waals surface area contributed by atoms with Gasteiger partial charge in [-0.2, -0.15) is 0 Å². The molecule has 2 aromatic carbocycles. The van der Waals surface area contributed by atoms with Crippen molar-refractivity contribution in [3.8, 4) is 5.75 Å². The second-order valence-electron chi connectivity index (χ2n) is 6.85. The monoisotopic (exact) mass is 398 g/mol. The molecule has 28 heavy (non-hydrogen) atoms. The van der Waals surface area contributed by atoms with Crippen molar-refractivity contribution in [1.82, 2.24) is 20.7 Å². The van der Waals surface area contributed by atoms with Crippen LogP contribution in [0, 0.1) is 0 Å². The number of amides is 1. The topological polar surface area (TPSA) is 67.3 Å². The molecule has 0 radical (unpaired) electrons. The van der Waals surface area contributed by atoms with Crippen molar-refractivity contribution in [3.63, 3.8) is 0 Å². The summed E-state index contributed by atoms with van der Waals surface area (Å²) in [4.78, 5) is 12.5. The number of benzene rings is 2. The van der Waals surface area contributed by atoms with Gasteiger partial charge in [0.25, 0.3) is 5.91 Å². The third-order valence-electron chi connectivity index (χ3n) is 5.11. The van der Waals surface area contributed by atoms with Crippen LogP contribution in [0.15, 0.2) is 48.5 Å². The fraction of sp³-hybridized carbons (Fsp3) is 0.286. The number of hydrogen-bond donors (Lipinski definition) is 3. The van der Waals surface area contributed by atoms with Crippen LogP contribution in [0.3, 0.4) is 0 Å². The van der Waals surface area contributed by atoms with Crippen molar-refractivity contribution in [1.29, 1.82) is 0 Å². The summed E-state index contributed by atoms with van der Waals surface area (Å²) in [6.07, 6.45) is 0.564. The number of hydrazine groups is 1. The van der Waals surface area contributed by atoms with Crippen LogP contribution in [0.5, 0.6) is 5.75 Å². The maximum atomic E-state index is 12.5. The number of hydrogen-bond acceptors (Lipinski definition) is 4. The lowest BCUT2D eigenvalue weighted by Gasteiger charge is -2.14. The van der Waals surface area contributed by atoms with Crippen molar-refractivity contribution in [3.05, 3.63) is 64.8 Å². The standard InChI is InChI=1S/C21H23ClN4O2/c1-3-26-18-8-7-16(28-2)10-14(18)11-19(26)17-12-20(25-24-17)23-21(27)13-5-4-6-15(22)9-13/h4-11,17,20,24-25H,3,12H2,1-2H3,(H,23,27). The summed E-state index contributed by atoms with van der Waals surface area (Å²) in [7, 11) is 1.68. The molecule has 1 fully saturated rings. The summed E-state index contributed by atoms with van der Waals surface area (Å²) < 4.78 is 7.63. The first-order valence-electron chi connectivity index (χ1n) is 9.33. The lowest BCUT2D eigenvalue weighted by Crippen LogP contribution is -2.44. The molecule has 1 aliphatic rings. The Hall–Kier alpha value is -2.54. The molecule has 1 saturated heterocycles. The third kappa shape index (κ3) is 3.58. The molecule has 1 amide bonds. The van der Waals surface area contributed by atoms with Gasteiger partial charge >= 0.3 is 0 Å². The van der Waals surface area contributed by atoms with E-state index in [9.17, 15) is 4.79 Å². The van der Waals surface area contributed by atoms with Gasteiger partial charge in [-0.15, -0.1) is 0 Å². The summed E-state index contributed by atoms with van der Waals surface area (Å²) in [5.74, 6) is 0.694. The molecular weight excluding hydrogens is 376 g/mol. The Morgan fingerprint density at radius 2 is 2.11 bits per heavy atom. The van der Waals surface area contributed by atoms with Crippen molar-refractivity contribution >= 4 is 28.4 Å². The average molecular weight is 399 g/mol. The quantitative estimate of drug-likeness (QED) is 0.614. The lowest BCUT2D eigenvalue weighted by molar-refractivity contribution is 0.0932. The molecule has 0 bridgehead atoms. The minimum absolute atomic E-state index is 0.0861. The maximum absolute atomic E-state index is 12.5. The Kier molecular flexibility index (Phi) is 5.26. The van der Waals surface area contributed by atoms with Gasteiger partial charge in [0, 0.05) is 40.1 Å². The summed E-state index contributed by atoms with van der Waals surface area (Å²) in [5.41, 5.74) is 9.40. The second kappa shape index (κ2) is 7.83. The number of aryl methyl sites for hydroxylation is 1. The summed E-state index contributed by atoms with van der Waals surface area (Å²) in [6, 6.07) is 15.3. The highest BCUT2D eigenvalue weighted by Crippen LogP contribution is 2.30. The van der Waals surface area contributed by atoms with Crippen LogP contribution in [0.4, 0.5) is 0 Å². The highest BCUT2D eigenvalue weighted by atomic mass is 35.5. The number of nitrogens with one attached hydrogen (secondary N) is 3. The van der Waals surface area contributed by atoms with Crippen molar-refractivity contribution in [2.45, 2.75) is 32.1 Å². The zero-order valence-electron chi connectivity index (χ0n) is 15.8. The smallest absolute Gasteiger partial charge is 0.252 e. The lowest BCUT2D eigenvalue weighted by atomic mass is 10.1. The molecule has 146 valence electrons. The summed E-state index contributed by atoms with van der Waals surface area (Å²) >= 11 is 5.98. The van der Waals surface area contributed by atoms with E-state index in [4.69, 9.17) is 16.3 Å². The van der Waals surface area contributed by atoms with E-state index in [0.29, 0.717) is 10.6 Å². The van der Waals surface area contributed by atoms with Crippen LogP contribution in [0.2, 0.25) is 5.02 Å². The molecule has 1 aromatic heterocycles. The molecular formula is C21H23ClN4O2. The van der Waals surface area contributed by atoms with Gasteiger partial charge in [-0.1, -0.05) is 17.7 Å². The number of ether oxygens (including phenoxy) is 1. The number of aromatic nitrogens is 1. The van der Waals surface area contributed by atoms with Crippen LogP contribution >= 0.6 is 11.6 Å². The molecule has 7 heteroatoms. The summed E-state index contributed by atoms with van der Waals surface area (Å²) in [5, 5.41) is 4.70. The first-order chi connectivity index (χ1) is 13.6. The van der Waals surface area contributed by atoms with E-state index in [2.05, 4.69) is 39.8 Å². The minimum atomic E-state index is -0.172. The Morgan fingerprint density at radius 1 is 1.25 bits per heavy atom. The van der Waals surface area contributed by atoms with Gasteiger partial charge in [-0.25, -0.2) is 10.9 Å². The molecule has 0 aliphatic carbocycles. The van der Waals surface area contributed by atoms with Crippen LogP contribution in [-0.2, 0) is 6.54 Å². The first-order valence-corrected chi connectivity index (χ1v) is 9.71. The predicted octanol–water partition coefficient (Wildman–Crippen LogP) is 3.62. The molecule has 0 saturated carbocycles. The first kappa shape index (κ1) is 18.8. The molecule has 2 atom stereocenters. The van der Waals surface area contributed by atoms with Gasteiger partial charge in [0.1, 0.15) is 5.75 Å². The van der Waals surface area contributed by atoms with Gasteiger partial charge in [0.05, 0.1) is 19.3 Å². The number of carbonyl (C=O) groups excluding carboxylic acids is 1. The van der Waals surface area contributed by atoms with Crippen molar-refractivity contribution < 1.29 is 9.53 Å². The minimum Gasteiger partial charge on any atom is -0.497 e. The Bertz CT molecular complexity index is 1020. The number of halogens is 1.